The number of nitrogens with zero attached hydrogens (tertiary/aromatic N) is 1. The van der Waals surface area contributed by atoms with Crippen molar-refractivity contribution < 1.29 is 9.90 Å². The Bertz CT molecular complexity index is 738. The van der Waals surface area contributed by atoms with Crippen molar-refractivity contribution in [2.75, 3.05) is 0 Å². The summed E-state index contributed by atoms with van der Waals surface area (Å²) in [6.45, 7) is 1.93. The predicted molar refractivity (Wildman–Crippen MR) is 78.0 cm³/mol. The summed E-state index contributed by atoms with van der Waals surface area (Å²) in [4.78, 5) is 23.1. The van der Waals surface area contributed by atoms with E-state index in [4.69, 9.17) is 28.3 Å². The van der Waals surface area contributed by atoms with Crippen molar-refractivity contribution >= 4 is 29.2 Å². The second kappa shape index (κ2) is 5.69. The second-order valence-corrected chi connectivity index (χ2v) is 5.16. The first-order valence-corrected chi connectivity index (χ1v) is 6.53. The zero-order chi connectivity index (χ0) is 14.9. The molecule has 6 heteroatoms. The number of carbonyl (C=O) groups is 1. The summed E-state index contributed by atoms with van der Waals surface area (Å²) >= 11 is 11.9. The van der Waals surface area contributed by atoms with Gasteiger partial charge in [0.1, 0.15) is 5.56 Å². The van der Waals surface area contributed by atoms with E-state index in [-0.39, 0.29) is 12.1 Å². The molecular weight excluding hydrogens is 301 g/mol. The third kappa shape index (κ3) is 2.86. The molecule has 4 nitrogen and oxygen atoms in total. The van der Waals surface area contributed by atoms with Crippen LogP contribution in [0.15, 0.2) is 35.1 Å². The molecule has 104 valence electrons. The van der Waals surface area contributed by atoms with E-state index in [1.165, 1.54) is 10.6 Å². The second-order valence-electron chi connectivity index (χ2n) is 4.32. The van der Waals surface area contributed by atoms with Crippen LogP contribution in [0, 0.1) is 6.92 Å². The molecule has 0 saturated carbocycles. The van der Waals surface area contributed by atoms with Crippen molar-refractivity contribution in [1.29, 1.82) is 0 Å². The number of rotatable bonds is 3. The Labute approximate surface area is 125 Å². The molecule has 0 bridgehead atoms. The Morgan fingerprint density at radius 3 is 2.55 bits per heavy atom. The van der Waals surface area contributed by atoms with E-state index in [0.717, 1.165) is 0 Å². The SMILES string of the molecule is Cc1ccc(C(=O)O)c(=O)n1Cc1ccc(Cl)cc1Cl. The zero-order valence-electron chi connectivity index (χ0n) is 10.6. The highest BCUT2D eigenvalue weighted by atomic mass is 35.5. The maximum atomic E-state index is 12.1. The minimum atomic E-state index is -1.24. The molecule has 1 aromatic carbocycles. The first kappa shape index (κ1) is 14.6. The number of carboxylic acids is 1. The maximum Gasteiger partial charge on any atom is 0.341 e. The van der Waals surface area contributed by atoms with E-state index < -0.39 is 11.5 Å². The molecule has 2 rings (SSSR count). The minimum absolute atomic E-state index is 0.196. The highest BCUT2D eigenvalue weighted by molar-refractivity contribution is 6.35. The standard InChI is InChI=1S/C14H11Cl2NO3/c1-8-2-5-11(14(19)20)13(18)17(8)7-9-3-4-10(15)6-12(9)16/h2-6H,7H2,1H3,(H,19,20). The first-order chi connectivity index (χ1) is 9.40. The molecule has 0 aliphatic heterocycles. The maximum absolute atomic E-state index is 12.1. The van der Waals surface area contributed by atoms with Crippen molar-refractivity contribution in [1.82, 2.24) is 4.57 Å². The fourth-order valence-corrected chi connectivity index (χ4v) is 2.32. The first-order valence-electron chi connectivity index (χ1n) is 5.78. The zero-order valence-corrected chi connectivity index (χ0v) is 12.1. The summed E-state index contributed by atoms with van der Waals surface area (Å²) in [5.74, 6) is -1.24. The minimum Gasteiger partial charge on any atom is -0.477 e. The van der Waals surface area contributed by atoms with E-state index in [9.17, 15) is 9.59 Å². The lowest BCUT2D eigenvalue weighted by molar-refractivity contribution is 0.0694. The number of aryl methyl sites for hydroxylation is 1. The Balaban J connectivity index is 2.51. The Kier molecular flexibility index (Phi) is 4.16. The molecule has 0 radical (unpaired) electrons. The fraction of sp³-hybridized carbons (Fsp3) is 0.143. The van der Waals surface area contributed by atoms with Gasteiger partial charge in [0.25, 0.3) is 5.56 Å². The number of aromatic nitrogens is 1. The van der Waals surface area contributed by atoms with Crippen LogP contribution in [-0.4, -0.2) is 15.6 Å². The van der Waals surface area contributed by atoms with Crippen LogP contribution in [0.5, 0.6) is 0 Å². The quantitative estimate of drug-likeness (QED) is 0.947. The smallest absolute Gasteiger partial charge is 0.341 e. The van der Waals surface area contributed by atoms with Gasteiger partial charge in [-0.3, -0.25) is 4.79 Å². The largest absolute Gasteiger partial charge is 0.477 e. The molecule has 0 atom stereocenters. The van der Waals surface area contributed by atoms with Gasteiger partial charge in [-0.1, -0.05) is 29.3 Å². The molecule has 0 amide bonds. The third-order valence-electron chi connectivity index (χ3n) is 2.97. The van der Waals surface area contributed by atoms with Gasteiger partial charge >= 0.3 is 5.97 Å². The molecule has 1 aromatic heterocycles. The van der Waals surface area contributed by atoms with Gasteiger partial charge in [0, 0.05) is 15.7 Å². The molecule has 1 N–H and O–H groups in total. The van der Waals surface area contributed by atoms with Gasteiger partial charge in [-0.15, -0.1) is 0 Å². The molecule has 0 saturated heterocycles. The van der Waals surface area contributed by atoms with Crippen LogP contribution in [-0.2, 0) is 6.54 Å². The van der Waals surface area contributed by atoms with Crippen molar-refractivity contribution in [2.45, 2.75) is 13.5 Å². The molecule has 0 fully saturated rings. The predicted octanol–water partition coefficient (Wildman–Crippen LogP) is 3.21. The van der Waals surface area contributed by atoms with Gasteiger partial charge in [-0.2, -0.15) is 0 Å². The normalized spacial score (nSPS) is 10.6. The van der Waals surface area contributed by atoms with Crippen LogP contribution in [0.2, 0.25) is 10.0 Å². The summed E-state index contributed by atoms with van der Waals surface area (Å²) in [5.41, 5.74) is 0.541. The summed E-state index contributed by atoms with van der Waals surface area (Å²) in [6, 6.07) is 7.86. The van der Waals surface area contributed by atoms with E-state index in [0.29, 0.717) is 21.3 Å². The monoisotopic (exact) mass is 311 g/mol. The van der Waals surface area contributed by atoms with Crippen molar-refractivity contribution in [2.24, 2.45) is 0 Å². The summed E-state index contributed by atoms with van der Waals surface area (Å²) in [7, 11) is 0. The van der Waals surface area contributed by atoms with Crippen molar-refractivity contribution in [3.8, 4) is 0 Å². The lowest BCUT2D eigenvalue weighted by Crippen LogP contribution is -2.28. The molecule has 2 aromatic rings. The van der Waals surface area contributed by atoms with Crippen LogP contribution in [0.3, 0.4) is 0 Å². The fourth-order valence-electron chi connectivity index (χ4n) is 1.85. The summed E-state index contributed by atoms with van der Waals surface area (Å²) in [5, 5.41) is 9.92. The lowest BCUT2D eigenvalue weighted by atomic mass is 10.2. The van der Waals surface area contributed by atoms with E-state index in [2.05, 4.69) is 0 Å². The number of halogens is 2. The molecule has 1 heterocycles. The van der Waals surface area contributed by atoms with E-state index >= 15 is 0 Å². The Morgan fingerprint density at radius 2 is 1.95 bits per heavy atom. The topological polar surface area (TPSA) is 59.3 Å². The van der Waals surface area contributed by atoms with E-state index in [1.807, 2.05) is 0 Å². The summed E-state index contributed by atoms with van der Waals surface area (Å²) < 4.78 is 1.37. The van der Waals surface area contributed by atoms with Crippen LogP contribution in [0.1, 0.15) is 21.6 Å². The number of hydrogen-bond acceptors (Lipinski definition) is 2. The number of hydrogen-bond donors (Lipinski definition) is 1. The van der Waals surface area contributed by atoms with Gasteiger partial charge in [0.2, 0.25) is 0 Å². The highest BCUT2D eigenvalue weighted by Gasteiger charge is 2.13. The van der Waals surface area contributed by atoms with Gasteiger partial charge in [-0.05, 0) is 36.8 Å². The average Bonchev–Trinajstić information content (AvgIpc) is 2.36. The highest BCUT2D eigenvalue weighted by Crippen LogP contribution is 2.21. The summed E-state index contributed by atoms with van der Waals surface area (Å²) in [6.07, 6.45) is 0. The Morgan fingerprint density at radius 1 is 1.25 bits per heavy atom. The van der Waals surface area contributed by atoms with Gasteiger partial charge < -0.3 is 9.67 Å². The molecule has 0 spiro atoms. The number of benzene rings is 1. The van der Waals surface area contributed by atoms with Gasteiger partial charge in [0.05, 0.1) is 6.54 Å². The van der Waals surface area contributed by atoms with Crippen LogP contribution < -0.4 is 5.56 Å². The Hall–Kier alpha value is -1.78. The van der Waals surface area contributed by atoms with Crippen molar-refractivity contribution in [3.05, 3.63) is 67.6 Å². The third-order valence-corrected chi connectivity index (χ3v) is 3.55. The number of carboxylic acid groups (broad SMARTS) is 1. The number of pyridine rings is 1. The molecular formula is C14H11Cl2NO3. The average molecular weight is 312 g/mol. The molecule has 0 aliphatic rings. The lowest BCUT2D eigenvalue weighted by Gasteiger charge is -2.12. The van der Waals surface area contributed by atoms with Crippen LogP contribution in [0.25, 0.3) is 0 Å². The van der Waals surface area contributed by atoms with Crippen LogP contribution in [0.4, 0.5) is 0 Å². The van der Waals surface area contributed by atoms with E-state index in [1.54, 1.807) is 31.2 Å². The molecule has 0 aliphatic carbocycles. The van der Waals surface area contributed by atoms with Crippen molar-refractivity contribution in [3.63, 3.8) is 0 Å². The van der Waals surface area contributed by atoms with Gasteiger partial charge in [-0.25, -0.2) is 4.79 Å². The molecule has 0 unspecified atom stereocenters. The van der Waals surface area contributed by atoms with Gasteiger partial charge in [0.15, 0.2) is 0 Å². The molecule has 20 heavy (non-hydrogen) atoms. The number of aromatic carboxylic acids is 1. The van der Waals surface area contributed by atoms with Crippen LogP contribution >= 0.6 is 23.2 Å².